The van der Waals surface area contributed by atoms with E-state index in [1.807, 2.05) is 36.5 Å². The number of aromatic amines is 1. The van der Waals surface area contributed by atoms with Crippen molar-refractivity contribution in [3.63, 3.8) is 0 Å². The monoisotopic (exact) mass is 476 g/mol. The molecule has 2 aromatic carbocycles. The molecule has 9 heteroatoms. The van der Waals surface area contributed by atoms with Crippen molar-refractivity contribution in [3.05, 3.63) is 94.4 Å². The highest BCUT2D eigenvalue weighted by Crippen LogP contribution is 2.45. The number of rotatable bonds is 6. The van der Waals surface area contributed by atoms with Crippen molar-refractivity contribution in [2.45, 2.75) is 36.5 Å². The van der Waals surface area contributed by atoms with Crippen LogP contribution in [0, 0.1) is 10.1 Å². The van der Waals surface area contributed by atoms with E-state index in [2.05, 4.69) is 15.3 Å². The molecule has 34 heavy (non-hydrogen) atoms. The van der Waals surface area contributed by atoms with E-state index in [1.54, 1.807) is 51.2 Å². The lowest BCUT2D eigenvalue weighted by Gasteiger charge is -2.19. The van der Waals surface area contributed by atoms with Gasteiger partial charge in [0.05, 0.1) is 20.8 Å². The zero-order chi connectivity index (χ0) is 24.3. The third-order valence-electron chi connectivity index (χ3n) is 4.90. The molecular formula is C25H24N4O4S. The maximum Gasteiger partial charge on any atom is 0.412 e. The highest BCUT2D eigenvalue weighted by Gasteiger charge is 2.25. The minimum Gasteiger partial charge on any atom is -0.444 e. The van der Waals surface area contributed by atoms with Crippen LogP contribution in [-0.2, 0) is 4.74 Å². The number of carbonyl (C=O) groups is 1. The fourth-order valence-corrected chi connectivity index (χ4v) is 4.77. The average Bonchev–Trinajstić information content (AvgIpc) is 3.20. The van der Waals surface area contributed by atoms with Gasteiger partial charge in [-0.05, 0) is 56.7 Å². The Morgan fingerprint density at radius 3 is 2.62 bits per heavy atom. The molecule has 2 aromatic heterocycles. The maximum atomic E-state index is 12.1. The van der Waals surface area contributed by atoms with Gasteiger partial charge in [0.1, 0.15) is 5.60 Å². The number of anilines is 1. The Morgan fingerprint density at radius 1 is 1.15 bits per heavy atom. The minimum atomic E-state index is -0.596. The van der Waals surface area contributed by atoms with Crippen LogP contribution < -0.4 is 5.32 Å². The number of benzene rings is 2. The summed E-state index contributed by atoms with van der Waals surface area (Å²) in [6, 6.07) is 17.9. The number of thioether (sulfide) groups is 1. The van der Waals surface area contributed by atoms with Crippen LogP contribution >= 0.6 is 11.8 Å². The van der Waals surface area contributed by atoms with Gasteiger partial charge in [0.25, 0.3) is 5.69 Å². The molecule has 8 nitrogen and oxygen atoms in total. The van der Waals surface area contributed by atoms with Crippen LogP contribution in [0.5, 0.6) is 0 Å². The topological polar surface area (TPSA) is 110 Å². The van der Waals surface area contributed by atoms with Crippen molar-refractivity contribution in [2.24, 2.45) is 0 Å². The van der Waals surface area contributed by atoms with E-state index < -0.39 is 11.7 Å². The number of ether oxygens (including phenoxy) is 1. The Hall–Kier alpha value is -3.85. The number of para-hydroxylation sites is 1. The van der Waals surface area contributed by atoms with Crippen LogP contribution in [0.15, 0.2) is 78.0 Å². The molecule has 2 heterocycles. The van der Waals surface area contributed by atoms with E-state index in [1.165, 1.54) is 17.8 Å². The smallest absolute Gasteiger partial charge is 0.412 e. The molecule has 174 valence electrons. The summed E-state index contributed by atoms with van der Waals surface area (Å²) in [4.78, 5) is 31.7. The summed E-state index contributed by atoms with van der Waals surface area (Å²) in [7, 11) is 0. The molecule has 0 radical (unpaired) electrons. The third kappa shape index (κ3) is 5.37. The lowest BCUT2D eigenvalue weighted by atomic mass is 10.1. The van der Waals surface area contributed by atoms with E-state index >= 15 is 0 Å². The number of hydrogen-bond acceptors (Lipinski definition) is 6. The Bertz CT molecular complexity index is 1330. The number of amides is 1. The summed E-state index contributed by atoms with van der Waals surface area (Å²) >= 11 is 1.38. The third-order valence-corrected chi connectivity index (χ3v) is 6.23. The minimum absolute atomic E-state index is 0.0529. The van der Waals surface area contributed by atoms with Crippen molar-refractivity contribution >= 4 is 40.1 Å². The van der Waals surface area contributed by atoms with Gasteiger partial charge in [0, 0.05) is 35.1 Å². The van der Waals surface area contributed by atoms with Gasteiger partial charge in [-0.25, -0.2) is 4.79 Å². The zero-order valence-corrected chi connectivity index (χ0v) is 19.8. The second kappa shape index (κ2) is 9.56. The van der Waals surface area contributed by atoms with Crippen molar-refractivity contribution < 1.29 is 14.5 Å². The molecule has 0 saturated carbocycles. The predicted molar refractivity (Wildman–Crippen MR) is 133 cm³/mol. The summed E-state index contributed by atoms with van der Waals surface area (Å²) in [6.45, 7) is 5.42. The predicted octanol–water partition coefficient (Wildman–Crippen LogP) is 6.70. The second-order valence-electron chi connectivity index (χ2n) is 8.61. The summed E-state index contributed by atoms with van der Waals surface area (Å²) in [5, 5.41) is 15.0. The molecule has 0 aliphatic carbocycles. The Morgan fingerprint density at radius 2 is 1.91 bits per heavy atom. The molecule has 0 aliphatic rings. The lowest BCUT2D eigenvalue weighted by Crippen LogP contribution is -2.27. The summed E-state index contributed by atoms with van der Waals surface area (Å²) < 4.78 is 5.32. The van der Waals surface area contributed by atoms with Crippen LogP contribution in [-0.4, -0.2) is 26.6 Å². The summed E-state index contributed by atoms with van der Waals surface area (Å²) in [6.07, 6.45) is 3.06. The number of carbonyl (C=O) groups excluding carboxylic acids is 1. The standard InChI is InChI=1S/C25H24N4O4S/c1-25(2,3)33-24(30)28-16-11-12-17-18(15-27-20(17)14-16)23(19-8-6-7-13-26-19)34-22-10-5-4-9-21(22)29(31)32/h4-15,23,27H,1-3H3,(H,28,30). The lowest BCUT2D eigenvalue weighted by molar-refractivity contribution is -0.387. The number of nitro groups is 1. The van der Waals surface area contributed by atoms with Crippen molar-refractivity contribution in [3.8, 4) is 0 Å². The normalized spacial score (nSPS) is 12.3. The molecule has 1 amide bonds. The van der Waals surface area contributed by atoms with E-state index in [4.69, 9.17) is 4.74 Å². The number of hydrogen-bond donors (Lipinski definition) is 2. The average molecular weight is 477 g/mol. The molecule has 1 atom stereocenters. The number of pyridine rings is 1. The largest absolute Gasteiger partial charge is 0.444 e. The molecule has 1 unspecified atom stereocenters. The summed E-state index contributed by atoms with van der Waals surface area (Å²) in [5.41, 5.74) is 2.57. The van der Waals surface area contributed by atoms with Crippen molar-refractivity contribution in [1.29, 1.82) is 0 Å². The molecule has 2 N–H and O–H groups in total. The van der Waals surface area contributed by atoms with Crippen LogP contribution in [0.25, 0.3) is 10.9 Å². The summed E-state index contributed by atoms with van der Waals surface area (Å²) in [5.74, 6) is 0. The van der Waals surface area contributed by atoms with Gasteiger partial charge in [0.15, 0.2) is 0 Å². The number of nitrogens with zero attached hydrogens (tertiary/aromatic N) is 2. The van der Waals surface area contributed by atoms with Gasteiger partial charge in [0.2, 0.25) is 0 Å². The maximum absolute atomic E-state index is 12.1. The number of fused-ring (bicyclic) bond motifs is 1. The van der Waals surface area contributed by atoms with Crippen LogP contribution in [0.3, 0.4) is 0 Å². The molecule has 0 saturated heterocycles. The van der Waals surface area contributed by atoms with Crippen LogP contribution in [0.1, 0.15) is 37.3 Å². The molecule has 0 spiro atoms. The fraction of sp³-hybridized carbons (Fsp3) is 0.200. The molecule has 0 aliphatic heterocycles. The first-order chi connectivity index (χ1) is 16.2. The molecule has 4 aromatic rings. The SMILES string of the molecule is CC(C)(C)OC(=O)Nc1ccc2c(C(Sc3ccccc3[N+](=O)[O-])c3ccccn3)c[nH]c2c1. The molecule has 0 bridgehead atoms. The van der Waals surface area contributed by atoms with E-state index in [0.29, 0.717) is 10.6 Å². The highest BCUT2D eigenvalue weighted by molar-refractivity contribution is 7.99. The highest BCUT2D eigenvalue weighted by atomic mass is 32.2. The van der Waals surface area contributed by atoms with Crippen LogP contribution in [0.2, 0.25) is 0 Å². The van der Waals surface area contributed by atoms with E-state index in [9.17, 15) is 14.9 Å². The van der Waals surface area contributed by atoms with Gasteiger partial charge < -0.3 is 9.72 Å². The number of nitro benzene ring substituents is 1. The Kier molecular flexibility index (Phi) is 6.56. The fourth-order valence-electron chi connectivity index (χ4n) is 3.51. The van der Waals surface area contributed by atoms with E-state index in [-0.39, 0.29) is 15.9 Å². The van der Waals surface area contributed by atoms with Gasteiger partial charge >= 0.3 is 6.09 Å². The van der Waals surface area contributed by atoms with Gasteiger partial charge in [-0.1, -0.05) is 24.3 Å². The van der Waals surface area contributed by atoms with E-state index in [0.717, 1.165) is 22.2 Å². The second-order valence-corrected chi connectivity index (χ2v) is 9.76. The van der Waals surface area contributed by atoms with Crippen molar-refractivity contribution in [2.75, 3.05) is 5.32 Å². The first-order valence-corrected chi connectivity index (χ1v) is 11.5. The van der Waals surface area contributed by atoms with Crippen LogP contribution in [0.4, 0.5) is 16.2 Å². The Labute approximate surface area is 200 Å². The molecule has 4 rings (SSSR count). The Balaban J connectivity index is 1.70. The van der Waals surface area contributed by atoms with Crippen molar-refractivity contribution in [1.82, 2.24) is 9.97 Å². The van der Waals surface area contributed by atoms with Gasteiger partial charge in [-0.2, -0.15) is 0 Å². The van der Waals surface area contributed by atoms with Gasteiger partial charge in [-0.3, -0.25) is 20.4 Å². The number of H-pyrrole nitrogens is 1. The molecule has 0 fully saturated rings. The number of aromatic nitrogens is 2. The first kappa shape index (κ1) is 23.3. The zero-order valence-electron chi connectivity index (χ0n) is 18.9. The van der Waals surface area contributed by atoms with Gasteiger partial charge in [-0.15, -0.1) is 11.8 Å². The quantitative estimate of drug-likeness (QED) is 0.182. The first-order valence-electron chi connectivity index (χ1n) is 10.6. The molecular weight excluding hydrogens is 452 g/mol. The number of nitrogens with one attached hydrogen (secondary N) is 2.